The summed E-state index contributed by atoms with van der Waals surface area (Å²) in [6.45, 7) is 1.60. The van der Waals surface area contributed by atoms with Crippen LogP contribution in [0.2, 0.25) is 0 Å². The van der Waals surface area contributed by atoms with Crippen molar-refractivity contribution < 1.29 is 52.5 Å². The third-order valence-electron chi connectivity index (χ3n) is 13.6. The molecule has 4 aliphatic rings. The molecule has 3 aromatic carbocycles. The van der Waals surface area contributed by atoms with Crippen molar-refractivity contribution in [3.63, 3.8) is 0 Å². The maximum Gasteiger partial charge on any atom is 0.415 e. The standard InChI is InChI=1S/C50H63N11O11.CH4/c1-28(62)57-26-33(63)24-31(6-5-20-56-47(51)52)44(64)58-27-38(45(65)55-21-23-69-34-12-7-29(8-13-34)46(66)70-35-14-10-32(11-15-35)59-48(53)54)61(3)49(67)71-40-18-16-36-37-25-30-9-17-39(68-4)42-41(30)50(36,43(40)72-42)19-22-60(37)2;/h7-15,17-18,31,36-38,43H,5-6,16,19-27H2,1-4H3,(H,55,65)(H,57,62)(H,58,64)(H4,51,52,56)(H4,53,54,59);1H4/t31-,36-,37+,38-,43-,50-;/m0./s1. The molecule has 11 N–H and O–H groups in total. The van der Waals surface area contributed by atoms with Gasteiger partial charge in [0.1, 0.15) is 29.9 Å². The first kappa shape index (κ1) is 54.5. The van der Waals surface area contributed by atoms with Gasteiger partial charge >= 0.3 is 12.1 Å². The second-order valence-electron chi connectivity index (χ2n) is 18.2. The average molecular weight is 1010 g/mol. The number of rotatable bonds is 22. The predicted octanol–water partition coefficient (Wildman–Crippen LogP) is 2.13. The summed E-state index contributed by atoms with van der Waals surface area (Å²) < 4.78 is 30.0. The lowest BCUT2D eigenvalue weighted by atomic mass is 9.53. The number of Topliss-reactive ketones (excluding diaryl/α,β-unsaturated/α-hetero) is 1. The zero-order valence-corrected chi connectivity index (χ0v) is 40.8. The third kappa shape index (κ3) is 12.6. The van der Waals surface area contributed by atoms with Gasteiger partial charge in [0, 0.05) is 56.4 Å². The summed E-state index contributed by atoms with van der Waals surface area (Å²) >= 11 is 0. The number of carbonyl (C=O) groups excluding carboxylic acids is 6. The summed E-state index contributed by atoms with van der Waals surface area (Å²) in [5.41, 5.74) is 24.4. The highest BCUT2D eigenvalue weighted by atomic mass is 16.6. The fraction of sp³-hybridized carbons (Fsp3) is 0.451. The van der Waals surface area contributed by atoms with Gasteiger partial charge in [-0.05, 0) is 118 Å². The number of methoxy groups -OCH3 is 1. The Morgan fingerprint density at radius 1 is 0.918 bits per heavy atom. The Morgan fingerprint density at radius 2 is 1.64 bits per heavy atom. The van der Waals surface area contributed by atoms with Gasteiger partial charge < -0.3 is 67.5 Å². The normalized spacial score (nSPS) is 19.6. The lowest BCUT2D eigenvalue weighted by Gasteiger charge is -2.56. The number of ether oxygens (including phenoxy) is 5. The van der Waals surface area contributed by atoms with E-state index in [4.69, 9.17) is 46.6 Å². The van der Waals surface area contributed by atoms with Gasteiger partial charge in [-0.3, -0.25) is 29.1 Å². The quantitative estimate of drug-likeness (QED) is 0.0249. The number of esters is 1. The number of benzene rings is 3. The molecule has 3 aromatic rings. The van der Waals surface area contributed by atoms with E-state index in [1.807, 2.05) is 12.1 Å². The molecule has 2 bridgehead atoms. The average Bonchev–Trinajstić information content (AvgIpc) is 3.71. The second-order valence-corrected chi connectivity index (χ2v) is 18.2. The van der Waals surface area contributed by atoms with Crippen LogP contribution in [0.5, 0.6) is 23.0 Å². The van der Waals surface area contributed by atoms with Gasteiger partial charge in [0.05, 0.1) is 31.5 Å². The topological polar surface area (TPSA) is 320 Å². The zero-order valence-electron chi connectivity index (χ0n) is 40.8. The molecule has 0 aromatic heterocycles. The van der Waals surface area contributed by atoms with Crippen LogP contribution in [-0.2, 0) is 35.8 Å². The first-order chi connectivity index (χ1) is 34.5. The Hall–Kier alpha value is -7.88. The van der Waals surface area contributed by atoms with Crippen LogP contribution in [0.25, 0.3) is 0 Å². The molecule has 22 heteroatoms. The van der Waals surface area contributed by atoms with Crippen LogP contribution < -0.4 is 57.8 Å². The van der Waals surface area contributed by atoms with Gasteiger partial charge in [-0.2, -0.15) is 0 Å². The van der Waals surface area contributed by atoms with Crippen molar-refractivity contribution in [2.75, 3.05) is 60.5 Å². The molecular formula is C51H67N11O11. The van der Waals surface area contributed by atoms with Crippen molar-refractivity contribution in [2.45, 2.75) is 76.5 Å². The minimum Gasteiger partial charge on any atom is -0.493 e. The number of hydrogen-bond acceptors (Lipinski definition) is 14. The SMILES string of the molecule is C.COc1ccc2c3c1O[C@H]1C(OC(=O)N(C)[C@@H](CNC(=O)[C@@H](CCCN=C(N)N)CC(=O)CNC(C)=O)C(=O)NCCOc4ccc(C(=O)Oc5ccc(N=C(N)N)cc5)cc4)=CC[C@H]4[C@@H](C2)N(C)CC[C@]314. The van der Waals surface area contributed by atoms with E-state index in [0.29, 0.717) is 41.5 Å². The van der Waals surface area contributed by atoms with Crippen molar-refractivity contribution >= 4 is 53.2 Å². The number of guanidine groups is 2. The summed E-state index contributed by atoms with van der Waals surface area (Å²) in [5, 5.41) is 8.02. The molecule has 6 atom stereocenters. The molecule has 73 heavy (non-hydrogen) atoms. The van der Waals surface area contributed by atoms with Crippen LogP contribution >= 0.6 is 0 Å². The first-order valence-corrected chi connectivity index (χ1v) is 23.7. The Bertz CT molecular complexity index is 2620. The molecule has 1 spiro atoms. The van der Waals surface area contributed by atoms with E-state index in [2.05, 4.69) is 43.9 Å². The molecule has 0 radical (unpaired) electrons. The van der Waals surface area contributed by atoms with Crippen LogP contribution in [0.3, 0.4) is 0 Å². The molecule has 22 nitrogen and oxygen atoms in total. The van der Waals surface area contributed by atoms with Crippen molar-refractivity contribution in [3.05, 3.63) is 89.2 Å². The Morgan fingerprint density at radius 3 is 2.33 bits per heavy atom. The van der Waals surface area contributed by atoms with E-state index in [1.165, 1.54) is 31.7 Å². The highest BCUT2D eigenvalue weighted by Gasteiger charge is 2.65. The minimum absolute atomic E-state index is 0. The molecule has 0 unspecified atom stereocenters. The highest BCUT2D eigenvalue weighted by Crippen LogP contribution is 2.63. The summed E-state index contributed by atoms with van der Waals surface area (Å²) in [7, 11) is 5.13. The Balaban J connectivity index is 0.00000869. The number of nitrogens with two attached hydrogens (primary N) is 4. The number of aliphatic imine (C=N–C) groups is 2. The molecule has 0 saturated carbocycles. The molecule has 2 heterocycles. The number of carbonyl (C=O) groups is 6. The summed E-state index contributed by atoms with van der Waals surface area (Å²) in [5.74, 6) is -1.29. The van der Waals surface area contributed by atoms with Crippen LogP contribution in [0.1, 0.15) is 67.9 Å². The Labute approximate surface area is 424 Å². The summed E-state index contributed by atoms with van der Waals surface area (Å²) in [6.07, 6.45) is 2.98. The summed E-state index contributed by atoms with van der Waals surface area (Å²) in [4.78, 5) is 91.0. The van der Waals surface area contributed by atoms with Crippen LogP contribution in [0.4, 0.5) is 10.5 Å². The number of nitrogens with one attached hydrogen (secondary N) is 3. The maximum absolute atomic E-state index is 14.3. The zero-order chi connectivity index (χ0) is 51.7. The van der Waals surface area contributed by atoms with Gasteiger partial charge in [0.25, 0.3) is 0 Å². The van der Waals surface area contributed by atoms with E-state index >= 15 is 0 Å². The van der Waals surface area contributed by atoms with E-state index in [9.17, 15) is 28.8 Å². The van der Waals surface area contributed by atoms with Gasteiger partial charge in [-0.1, -0.05) is 13.5 Å². The van der Waals surface area contributed by atoms with Gasteiger partial charge in [0.15, 0.2) is 35.3 Å². The number of likely N-dealkylation sites (N-methyl/N-ethyl adjacent to an activating group) is 2. The minimum atomic E-state index is -1.32. The van der Waals surface area contributed by atoms with Crippen molar-refractivity contribution in [1.29, 1.82) is 0 Å². The maximum atomic E-state index is 14.3. The van der Waals surface area contributed by atoms with Gasteiger partial charge in [0.2, 0.25) is 17.7 Å². The monoisotopic (exact) mass is 1010 g/mol. The van der Waals surface area contributed by atoms with E-state index in [-0.39, 0.29) is 94.0 Å². The fourth-order valence-corrected chi connectivity index (χ4v) is 10.1. The van der Waals surface area contributed by atoms with E-state index in [1.54, 1.807) is 43.5 Å². The Kier molecular flexibility index (Phi) is 17.9. The van der Waals surface area contributed by atoms with Crippen molar-refractivity contribution in [3.8, 4) is 23.0 Å². The van der Waals surface area contributed by atoms with Crippen LogP contribution in [0, 0.1) is 11.8 Å². The number of piperidine rings is 1. The van der Waals surface area contributed by atoms with Crippen LogP contribution in [0.15, 0.2) is 82.5 Å². The summed E-state index contributed by atoms with van der Waals surface area (Å²) in [6, 6.07) is 15.4. The molecule has 2 aliphatic heterocycles. The predicted molar refractivity (Wildman–Crippen MR) is 271 cm³/mol. The molecule has 4 amide bonds. The van der Waals surface area contributed by atoms with E-state index in [0.717, 1.165) is 29.8 Å². The number of ketones is 1. The van der Waals surface area contributed by atoms with Gasteiger partial charge in [-0.25, -0.2) is 14.6 Å². The number of amides is 4. The smallest absolute Gasteiger partial charge is 0.415 e. The van der Waals surface area contributed by atoms with Crippen LogP contribution in [-0.4, -0.2) is 136 Å². The van der Waals surface area contributed by atoms with Crippen molar-refractivity contribution in [2.24, 2.45) is 44.8 Å². The number of hydrogen-bond donors (Lipinski definition) is 7. The molecule has 392 valence electrons. The first-order valence-electron chi connectivity index (χ1n) is 23.7. The molecule has 7 rings (SSSR count). The lowest BCUT2D eigenvalue weighted by molar-refractivity contribution is -0.131. The van der Waals surface area contributed by atoms with Crippen molar-refractivity contribution in [1.82, 2.24) is 25.8 Å². The number of nitrogens with zero attached hydrogens (tertiary/aromatic N) is 4. The fourth-order valence-electron chi connectivity index (χ4n) is 10.1. The number of likely N-dealkylation sites (tertiary alicyclic amines) is 1. The molecular weight excluding hydrogens is 943 g/mol. The molecule has 2 aliphatic carbocycles. The third-order valence-corrected chi connectivity index (χ3v) is 13.6. The van der Waals surface area contributed by atoms with E-state index < -0.39 is 53.3 Å². The number of allylic oxidation sites excluding steroid dienone is 1. The molecule has 1 saturated heterocycles. The second kappa shape index (κ2) is 24.0. The highest BCUT2D eigenvalue weighted by molar-refractivity contribution is 5.92. The van der Waals surface area contributed by atoms with Gasteiger partial charge in [-0.15, -0.1) is 0 Å². The lowest BCUT2D eigenvalue weighted by Crippen LogP contribution is -2.63. The molecule has 1 fully saturated rings. The largest absolute Gasteiger partial charge is 0.493 e.